The molecule has 4 aromatic rings. The number of carbonyl (C=O) groups is 2. The molecule has 1 N–H and O–H groups in total. The standard InChI is InChI=1S/C32H31N3O4S/c1-19-8-6-7-9-23(19)18-39-25-16-12-22(13-17-25)28(36)26-27(21-10-14-24(15-11-21)32(3,4)5)35(30(38)29(26)37)31-34-33-20(2)40-31/h6-17,27,36H,18H2,1-5H3/b28-26+. The number of amides is 1. The number of rotatable bonds is 6. The van der Waals surface area contributed by atoms with Crippen LogP contribution in [-0.2, 0) is 21.6 Å². The third-order valence-corrected chi connectivity index (χ3v) is 7.88. The van der Waals surface area contributed by atoms with E-state index in [0.717, 1.165) is 16.7 Å². The highest BCUT2D eigenvalue weighted by molar-refractivity contribution is 7.15. The molecule has 1 aliphatic rings. The van der Waals surface area contributed by atoms with Crippen molar-refractivity contribution in [3.63, 3.8) is 0 Å². The fourth-order valence-electron chi connectivity index (χ4n) is 4.69. The number of ether oxygens (including phenoxy) is 1. The van der Waals surface area contributed by atoms with E-state index in [0.29, 0.717) is 33.6 Å². The Balaban J connectivity index is 1.52. The maximum atomic E-state index is 13.4. The molecule has 1 fully saturated rings. The molecule has 2 heterocycles. The van der Waals surface area contributed by atoms with Crippen LogP contribution in [-0.4, -0.2) is 27.0 Å². The molecule has 3 aromatic carbocycles. The molecule has 1 atom stereocenters. The minimum atomic E-state index is -0.849. The Bertz CT molecular complexity index is 1600. The van der Waals surface area contributed by atoms with Gasteiger partial charge in [0.1, 0.15) is 23.1 Å². The van der Waals surface area contributed by atoms with Crippen LogP contribution in [0.25, 0.3) is 5.76 Å². The topological polar surface area (TPSA) is 92.6 Å². The molecule has 1 unspecified atom stereocenters. The van der Waals surface area contributed by atoms with E-state index >= 15 is 0 Å². The van der Waals surface area contributed by atoms with E-state index in [4.69, 9.17) is 4.74 Å². The molecule has 204 valence electrons. The molecule has 1 amide bonds. The van der Waals surface area contributed by atoms with Crippen molar-refractivity contribution >= 4 is 33.9 Å². The summed E-state index contributed by atoms with van der Waals surface area (Å²) in [5, 5.41) is 20.6. The van der Waals surface area contributed by atoms with Crippen LogP contribution in [0.15, 0.2) is 78.4 Å². The van der Waals surface area contributed by atoms with E-state index in [9.17, 15) is 14.7 Å². The van der Waals surface area contributed by atoms with Crippen molar-refractivity contribution in [3.05, 3.63) is 111 Å². The average Bonchev–Trinajstić information content (AvgIpc) is 3.47. The second kappa shape index (κ2) is 10.7. The Hall–Kier alpha value is -4.30. The second-order valence-corrected chi connectivity index (χ2v) is 12.0. The van der Waals surface area contributed by atoms with E-state index in [1.165, 1.54) is 16.2 Å². The second-order valence-electron chi connectivity index (χ2n) is 10.9. The van der Waals surface area contributed by atoms with Gasteiger partial charge >= 0.3 is 5.91 Å². The minimum Gasteiger partial charge on any atom is -0.507 e. The summed E-state index contributed by atoms with van der Waals surface area (Å²) < 4.78 is 5.94. The van der Waals surface area contributed by atoms with E-state index < -0.39 is 17.7 Å². The van der Waals surface area contributed by atoms with Crippen LogP contribution in [0.2, 0.25) is 0 Å². The number of benzene rings is 3. The molecule has 8 heteroatoms. The lowest BCUT2D eigenvalue weighted by Crippen LogP contribution is -2.29. The van der Waals surface area contributed by atoms with Crippen LogP contribution in [0.5, 0.6) is 5.75 Å². The number of anilines is 1. The molecular weight excluding hydrogens is 522 g/mol. The summed E-state index contributed by atoms with van der Waals surface area (Å²) in [5.74, 6) is -1.15. The first-order valence-electron chi connectivity index (χ1n) is 13.0. The zero-order valence-electron chi connectivity index (χ0n) is 23.1. The predicted octanol–water partition coefficient (Wildman–Crippen LogP) is 6.66. The Morgan fingerprint density at radius 3 is 2.23 bits per heavy atom. The minimum absolute atomic E-state index is 0.00920. The lowest BCUT2D eigenvalue weighted by molar-refractivity contribution is -0.132. The Morgan fingerprint density at radius 2 is 1.62 bits per heavy atom. The Morgan fingerprint density at radius 1 is 0.950 bits per heavy atom. The number of nitrogens with zero attached hydrogens (tertiary/aromatic N) is 3. The molecular formula is C32H31N3O4S. The van der Waals surface area contributed by atoms with Gasteiger partial charge in [-0.15, -0.1) is 10.2 Å². The van der Waals surface area contributed by atoms with Gasteiger partial charge < -0.3 is 9.84 Å². The molecule has 1 aliphatic heterocycles. The average molecular weight is 554 g/mol. The predicted molar refractivity (Wildman–Crippen MR) is 157 cm³/mol. The highest BCUT2D eigenvalue weighted by atomic mass is 32.1. The summed E-state index contributed by atoms with van der Waals surface area (Å²) in [7, 11) is 0. The van der Waals surface area contributed by atoms with Crippen LogP contribution in [0.3, 0.4) is 0 Å². The highest BCUT2D eigenvalue weighted by Crippen LogP contribution is 2.43. The van der Waals surface area contributed by atoms with Gasteiger partial charge in [-0.05, 0) is 65.8 Å². The van der Waals surface area contributed by atoms with E-state index in [-0.39, 0.29) is 16.7 Å². The van der Waals surface area contributed by atoms with Crippen LogP contribution >= 0.6 is 11.3 Å². The van der Waals surface area contributed by atoms with Gasteiger partial charge in [0.05, 0.1) is 11.6 Å². The first-order chi connectivity index (χ1) is 19.0. The maximum absolute atomic E-state index is 13.4. The number of aromatic nitrogens is 2. The molecule has 1 aromatic heterocycles. The molecule has 0 saturated carbocycles. The third-order valence-electron chi connectivity index (χ3n) is 7.04. The molecule has 0 radical (unpaired) electrons. The molecule has 0 aliphatic carbocycles. The molecule has 40 heavy (non-hydrogen) atoms. The van der Waals surface area contributed by atoms with E-state index in [1.54, 1.807) is 31.2 Å². The van der Waals surface area contributed by atoms with E-state index in [2.05, 4.69) is 31.0 Å². The molecule has 5 rings (SSSR count). The fourth-order valence-corrected chi connectivity index (χ4v) is 5.41. The quantitative estimate of drug-likeness (QED) is 0.163. The lowest BCUT2D eigenvalue weighted by atomic mass is 9.85. The van der Waals surface area contributed by atoms with Crippen LogP contribution in [0.1, 0.15) is 59.6 Å². The number of aryl methyl sites for hydroxylation is 2. The zero-order valence-corrected chi connectivity index (χ0v) is 24.0. The summed E-state index contributed by atoms with van der Waals surface area (Å²) >= 11 is 1.22. The number of carbonyl (C=O) groups excluding carboxylic acids is 2. The zero-order chi connectivity index (χ0) is 28.6. The largest absolute Gasteiger partial charge is 0.507 e. The normalized spacial score (nSPS) is 16.9. The van der Waals surface area contributed by atoms with Crippen molar-refractivity contribution in [2.45, 2.75) is 52.7 Å². The number of hydrogen-bond acceptors (Lipinski definition) is 7. The summed E-state index contributed by atoms with van der Waals surface area (Å²) in [5.41, 5.74) is 4.38. The van der Waals surface area contributed by atoms with Crippen LogP contribution in [0.4, 0.5) is 5.13 Å². The number of Topliss-reactive ketones (excluding diaryl/α,β-unsaturated/α-hetero) is 1. The smallest absolute Gasteiger partial charge is 0.301 e. The Labute approximate surface area is 237 Å². The van der Waals surface area contributed by atoms with E-state index in [1.807, 2.05) is 55.5 Å². The number of hydrogen-bond donors (Lipinski definition) is 1. The number of ketones is 1. The van der Waals surface area contributed by atoms with Crippen molar-refractivity contribution in [3.8, 4) is 5.75 Å². The first-order valence-corrected chi connectivity index (χ1v) is 13.9. The van der Waals surface area contributed by atoms with Gasteiger partial charge in [0.2, 0.25) is 5.13 Å². The molecule has 0 bridgehead atoms. The highest BCUT2D eigenvalue weighted by Gasteiger charge is 2.48. The number of aliphatic hydroxyl groups is 1. The van der Waals surface area contributed by atoms with Crippen LogP contribution < -0.4 is 9.64 Å². The first kappa shape index (κ1) is 27.3. The van der Waals surface area contributed by atoms with Gasteiger partial charge in [0, 0.05) is 5.56 Å². The van der Waals surface area contributed by atoms with Crippen molar-refractivity contribution in [2.24, 2.45) is 0 Å². The molecule has 0 spiro atoms. The monoisotopic (exact) mass is 553 g/mol. The summed E-state index contributed by atoms with van der Waals surface area (Å²) in [6.07, 6.45) is 0. The van der Waals surface area contributed by atoms with Gasteiger partial charge in [0.25, 0.3) is 5.78 Å². The van der Waals surface area contributed by atoms with Gasteiger partial charge in [0.15, 0.2) is 0 Å². The summed E-state index contributed by atoms with van der Waals surface area (Å²) in [6.45, 7) is 10.6. The van der Waals surface area contributed by atoms with Crippen molar-refractivity contribution in [1.82, 2.24) is 10.2 Å². The maximum Gasteiger partial charge on any atom is 0.301 e. The van der Waals surface area contributed by atoms with Gasteiger partial charge in [-0.1, -0.05) is 80.6 Å². The Kier molecular flexibility index (Phi) is 7.29. The third kappa shape index (κ3) is 5.27. The van der Waals surface area contributed by atoms with Crippen molar-refractivity contribution in [2.75, 3.05) is 4.90 Å². The van der Waals surface area contributed by atoms with Crippen molar-refractivity contribution < 1.29 is 19.4 Å². The molecule has 7 nitrogen and oxygen atoms in total. The SMILES string of the molecule is Cc1nnc(N2C(=O)C(=O)/C(=C(/O)c3ccc(OCc4ccccc4C)cc3)C2c2ccc(C(C)(C)C)cc2)s1. The number of aliphatic hydroxyl groups excluding tert-OH is 1. The molecule has 1 saturated heterocycles. The van der Waals surface area contributed by atoms with Crippen LogP contribution in [0, 0.1) is 13.8 Å². The van der Waals surface area contributed by atoms with Gasteiger partial charge in [-0.3, -0.25) is 14.5 Å². The van der Waals surface area contributed by atoms with Crippen molar-refractivity contribution in [1.29, 1.82) is 0 Å². The lowest BCUT2D eigenvalue weighted by Gasteiger charge is -2.24. The summed E-state index contributed by atoms with van der Waals surface area (Å²) in [6, 6.07) is 21.8. The summed E-state index contributed by atoms with van der Waals surface area (Å²) in [4.78, 5) is 28.1. The fraction of sp³-hybridized carbons (Fsp3) is 0.250. The van der Waals surface area contributed by atoms with Gasteiger partial charge in [-0.2, -0.15) is 0 Å². The van der Waals surface area contributed by atoms with Gasteiger partial charge in [-0.25, -0.2) is 0 Å².